The minimum absolute atomic E-state index is 0.467. The monoisotopic (exact) mass is 416 g/mol. The highest BCUT2D eigenvalue weighted by atomic mass is 32.2. The van der Waals surface area contributed by atoms with Crippen LogP contribution in [-0.2, 0) is 23.8 Å². The van der Waals surface area contributed by atoms with Crippen molar-refractivity contribution in [1.82, 2.24) is 0 Å². The maximum atomic E-state index is 14.0. The number of rotatable bonds is 10. The third-order valence-corrected chi connectivity index (χ3v) is 4.03. The van der Waals surface area contributed by atoms with Gasteiger partial charge in [0.15, 0.2) is 6.10 Å². The molecule has 2 aromatic rings. The van der Waals surface area contributed by atoms with Crippen molar-refractivity contribution in [2.45, 2.75) is 11.4 Å². The van der Waals surface area contributed by atoms with Gasteiger partial charge in [-0.1, -0.05) is 29.3 Å². The standard InChI is InChI=1S/C18H18F2O7S/c1-22-14-8-4-12(5-9-14)16(13-6-10-15(23-2)11-7-13)25-17(21)18(19,20)28-27-26-24-3/h4-11,16H,1-3H3. The number of methoxy groups -OCH3 is 2. The smallest absolute Gasteiger partial charge is 0.415 e. The topological polar surface area (TPSA) is 72.5 Å². The highest BCUT2D eigenvalue weighted by Crippen LogP contribution is 2.36. The van der Waals surface area contributed by atoms with Gasteiger partial charge >= 0.3 is 11.2 Å². The van der Waals surface area contributed by atoms with Crippen LogP contribution in [0.4, 0.5) is 8.78 Å². The Hall–Kier alpha value is -2.40. The van der Waals surface area contributed by atoms with Crippen molar-refractivity contribution in [2.75, 3.05) is 21.3 Å². The Bertz CT molecular complexity index is 706. The SMILES string of the molecule is COOOSC(F)(F)C(=O)OC(c1ccc(OC)cc1)c1ccc(OC)cc1. The Morgan fingerprint density at radius 2 is 1.36 bits per heavy atom. The van der Waals surface area contributed by atoms with Crippen molar-refractivity contribution < 1.29 is 42.0 Å². The average molecular weight is 416 g/mol. The van der Waals surface area contributed by atoms with Gasteiger partial charge in [0.05, 0.1) is 21.3 Å². The molecule has 28 heavy (non-hydrogen) atoms. The second-order valence-electron chi connectivity index (χ2n) is 5.23. The highest BCUT2D eigenvalue weighted by molar-refractivity contribution is 7.96. The predicted octanol–water partition coefficient (Wildman–Crippen LogP) is 4.09. The van der Waals surface area contributed by atoms with Crippen LogP contribution >= 0.6 is 12.0 Å². The molecule has 0 spiro atoms. The molecule has 0 aliphatic carbocycles. The van der Waals surface area contributed by atoms with Gasteiger partial charge in [0.1, 0.15) is 23.5 Å². The Morgan fingerprint density at radius 1 is 0.893 bits per heavy atom. The van der Waals surface area contributed by atoms with Crippen LogP contribution in [0.5, 0.6) is 11.5 Å². The van der Waals surface area contributed by atoms with Gasteiger partial charge in [-0.05, 0) is 35.4 Å². The summed E-state index contributed by atoms with van der Waals surface area (Å²) in [5.74, 6) is -0.682. The van der Waals surface area contributed by atoms with Gasteiger partial charge in [0.2, 0.25) is 0 Å². The van der Waals surface area contributed by atoms with E-state index in [1.54, 1.807) is 48.5 Å². The fourth-order valence-electron chi connectivity index (χ4n) is 2.18. The summed E-state index contributed by atoms with van der Waals surface area (Å²) >= 11 is -0.539. The molecule has 7 nitrogen and oxygen atoms in total. The summed E-state index contributed by atoms with van der Waals surface area (Å²) in [7, 11) is 4.05. The first-order valence-corrected chi connectivity index (χ1v) is 8.57. The van der Waals surface area contributed by atoms with Gasteiger partial charge in [-0.3, -0.25) is 0 Å². The molecular weight excluding hydrogens is 398 g/mol. The van der Waals surface area contributed by atoms with E-state index in [9.17, 15) is 13.6 Å². The number of halogens is 2. The lowest BCUT2D eigenvalue weighted by Crippen LogP contribution is -2.29. The van der Waals surface area contributed by atoms with E-state index in [1.165, 1.54) is 14.2 Å². The van der Waals surface area contributed by atoms with Crippen LogP contribution in [0.3, 0.4) is 0 Å². The summed E-state index contributed by atoms with van der Waals surface area (Å²) < 4.78 is 47.2. The first-order valence-electron chi connectivity index (χ1n) is 7.83. The van der Waals surface area contributed by atoms with Crippen molar-refractivity contribution in [3.8, 4) is 11.5 Å². The summed E-state index contributed by atoms with van der Waals surface area (Å²) in [5, 5.41) is -0.140. The molecule has 152 valence electrons. The number of hydrogen-bond acceptors (Lipinski definition) is 8. The molecule has 0 atom stereocenters. The van der Waals surface area contributed by atoms with Crippen LogP contribution in [0.15, 0.2) is 48.5 Å². The molecule has 0 aromatic heterocycles. The minimum Gasteiger partial charge on any atom is -0.497 e. The number of carbonyl (C=O) groups excluding carboxylic acids is 1. The van der Waals surface area contributed by atoms with Gasteiger partial charge in [0.25, 0.3) is 0 Å². The molecule has 0 aliphatic heterocycles. The summed E-state index contributed by atoms with van der Waals surface area (Å²) in [6.45, 7) is 0. The van der Waals surface area contributed by atoms with Crippen LogP contribution in [-0.4, -0.2) is 32.6 Å². The number of alkyl halides is 2. The number of ether oxygens (including phenoxy) is 3. The molecular formula is C18H18F2O7S. The fraction of sp³-hybridized carbons (Fsp3) is 0.278. The summed E-state index contributed by atoms with van der Waals surface area (Å²) in [5.41, 5.74) is 0.934. The molecule has 0 N–H and O–H groups in total. The summed E-state index contributed by atoms with van der Waals surface area (Å²) in [6, 6.07) is 12.9. The Morgan fingerprint density at radius 3 is 1.75 bits per heavy atom. The van der Waals surface area contributed by atoms with E-state index in [0.717, 1.165) is 7.11 Å². The van der Waals surface area contributed by atoms with Crippen LogP contribution in [0.25, 0.3) is 0 Å². The molecule has 2 rings (SSSR count). The largest absolute Gasteiger partial charge is 0.497 e. The number of hydrogen-bond donors (Lipinski definition) is 0. The number of esters is 1. The second-order valence-corrected chi connectivity index (χ2v) is 6.05. The molecule has 0 heterocycles. The van der Waals surface area contributed by atoms with Crippen molar-refractivity contribution in [3.63, 3.8) is 0 Å². The van der Waals surface area contributed by atoms with Crippen LogP contribution in [0, 0.1) is 0 Å². The van der Waals surface area contributed by atoms with E-state index in [-0.39, 0.29) is 0 Å². The molecule has 0 radical (unpaired) electrons. The molecule has 10 heteroatoms. The van der Waals surface area contributed by atoms with E-state index in [0.29, 0.717) is 22.6 Å². The average Bonchev–Trinajstić information content (AvgIpc) is 2.72. The van der Waals surface area contributed by atoms with Crippen LogP contribution < -0.4 is 9.47 Å². The van der Waals surface area contributed by atoms with Crippen molar-refractivity contribution >= 4 is 18.0 Å². The Balaban J connectivity index is 2.27. The van der Waals surface area contributed by atoms with E-state index in [1.807, 2.05) is 0 Å². The quantitative estimate of drug-likeness (QED) is 0.189. The lowest BCUT2D eigenvalue weighted by molar-refractivity contribution is -0.448. The van der Waals surface area contributed by atoms with Gasteiger partial charge in [-0.2, -0.15) is 8.78 Å². The van der Waals surface area contributed by atoms with Crippen LogP contribution in [0.2, 0.25) is 0 Å². The zero-order chi connectivity index (χ0) is 20.6. The molecule has 0 saturated heterocycles. The zero-order valence-electron chi connectivity index (χ0n) is 15.2. The van der Waals surface area contributed by atoms with Crippen LogP contribution in [0.1, 0.15) is 17.2 Å². The zero-order valence-corrected chi connectivity index (χ0v) is 16.0. The number of carbonyl (C=O) groups is 1. The molecule has 0 amide bonds. The van der Waals surface area contributed by atoms with E-state index in [4.69, 9.17) is 14.2 Å². The van der Waals surface area contributed by atoms with Crippen molar-refractivity contribution in [2.24, 2.45) is 0 Å². The normalized spacial score (nSPS) is 11.4. The predicted molar refractivity (Wildman–Crippen MR) is 95.6 cm³/mol. The highest BCUT2D eigenvalue weighted by Gasteiger charge is 2.45. The lowest BCUT2D eigenvalue weighted by atomic mass is 10.0. The molecule has 0 bridgehead atoms. The number of benzene rings is 2. The molecule has 0 saturated carbocycles. The third kappa shape index (κ3) is 5.80. The third-order valence-electron chi connectivity index (χ3n) is 3.53. The molecule has 2 aromatic carbocycles. The molecule has 0 aliphatic rings. The summed E-state index contributed by atoms with van der Waals surface area (Å²) in [6.07, 6.45) is -1.10. The van der Waals surface area contributed by atoms with Crippen molar-refractivity contribution in [3.05, 3.63) is 59.7 Å². The van der Waals surface area contributed by atoms with Gasteiger partial charge in [0, 0.05) is 0 Å². The lowest BCUT2D eigenvalue weighted by Gasteiger charge is -2.21. The Labute approximate surface area is 164 Å². The van der Waals surface area contributed by atoms with Gasteiger partial charge in [-0.15, -0.1) is 4.33 Å². The van der Waals surface area contributed by atoms with Crippen molar-refractivity contribution in [1.29, 1.82) is 0 Å². The maximum absolute atomic E-state index is 14.0. The van der Waals surface area contributed by atoms with Gasteiger partial charge < -0.3 is 14.2 Å². The van der Waals surface area contributed by atoms with Gasteiger partial charge in [-0.25, -0.2) is 9.68 Å². The van der Waals surface area contributed by atoms with E-state index >= 15 is 0 Å². The first-order chi connectivity index (χ1) is 13.4. The Kier molecular flexibility index (Phi) is 8.00. The molecule has 0 fully saturated rings. The first kappa shape index (κ1) is 21.9. The molecule has 0 unspecified atom stereocenters. The second kappa shape index (κ2) is 10.2. The minimum atomic E-state index is -4.03. The summed E-state index contributed by atoms with van der Waals surface area (Å²) in [4.78, 5) is 16.1. The van der Waals surface area contributed by atoms with E-state index in [2.05, 4.69) is 14.3 Å². The fourth-order valence-corrected chi connectivity index (χ4v) is 2.46. The maximum Gasteiger partial charge on any atom is 0.415 e. The van der Waals surface area contributed by atoms with E-state index < -0.39 is 29.4 Å².